The topological polar surface area (TPSA) is 85.2 Å². The van der Waals surface area contributed by atoms with E-state index < -0.39 is 0 Å². The minimum atomic E-state index is 0.146. The molecular formula is C19H30N6O3. The molecule has 9 nitrogen and oxygen atoms in total. The molecule has 1 heterocycles. The predicted octanol–water partition coefficient (Wildman–Crippen LogP) is 1.74. The number of aromatic nitrogens is 2. The first-order valence-corrected chi connectivity index (χ1v) is 8.86. The van der Waals surface area contributed by atoms with Crippen LogP contribution in [0.2, 0.25) is 0 Å². The molecule has 28 heavy (non-hydrogen) atoms. The zero-order valence-corrected chi connectivity index (χ0v) is 17.6. The number of guanidine groups is 1. The number of hydrogen-bond acceptors (Lipinski definition) is 6. The van der Waals surface area contributed by atoms with E-state index >= 15 is 0 Å². The number of ether oxygens (including phenoxy) is 3. The maximum Gasteiger partial charge on any atom is 0.203 e. The van der Waals surface area contributed by atoms with Crippen molar-refractivity contribution >= 4 is 11.6 Å². The van der Waals surface area contributed by atoms with Gasteiger partial charge in [0.15, 0.2) is 17.5 Å². The fourth-order valence-corrected chi connectivity index (χ4v) is 2.87. The third-order valence-corrected chi connectivity index (χ3v) is 4.35. The first-order chi connectivity index (χ1) is 13.4. The number of hydrogen-bond donors (Lipinski definition) is 2. The number of nitrogens with zero attached hydrogens (tertiary/aromatic N) is 4. The SMILES string of the molecule is CN=C(NCC(c1cnn(C)c1)N(C)C)Nc1cc(OC)c(OC)c(OC)c1. The van der Waals surface area contributed by atoms with Crippen LogP contribution in [0.15, 0.2) is 29.5 Å². The van der Waals surface area contributed by atoms with E-state index in [-0.39, 0.29) is 6.04 Å². The molecule has 1 aromatic carbocycles. The molecule has 2 aromatic rings. The molecule has 154 valence electrons. The number of aliphatic imine (C=N–C) groups is 1. The Hall–Kier alpha value is -2.94. The van der Waals surface area contributed by atoms with Crippen molar-refractivity contribution < 1.29 is 14.2 Å². The summed E-state index contributed by atoms with van der Waals surface area (Å²) in [6.07, 6.45) is 3.89. The van der Waals surface area contributed by atoms with Gasteiger partial charge < -0.3 is 29.7 Å². The molecule has 0 aliphatic rings. The molecule has 1 unspecified atom stereocenters. The van der Waals surface area contributed by atoms with E-state index in [1.165, 1.54) is 0 Å². The molecule has 0 aliphatic carbocycles. The van der Waals surface area contributed by atoms with Crippen molar-refractivity contribution in [3.63, 3.8) is 0 Å². The van der Waals surface area contributed by atoms with Gasteiger partial charge in [-0.1, -0.05) is 0 Å². The summed E-state index contributed by atoms with van der Waals surface area (Å²) < 4.78 is 18.0. The van der Waals surface area contributed by atoms with E-state index in [9.17, 15) is 0 Å². The minimum absolute atomic E-state index is 0.146. The third-order valence-electron chi connectivity index (χ3n) is 4.35. The van der Waals surface area contributed by atoms with Crippen molar-refractivity contribution in [3.8, 4) is 17.2 Å². The van der Waals surface area contributed by atoms with Crippen LogP contribution in [0.4, 0.5) is 5.69 Å². The Morgan fingerprint density at radius 2 is 1.82 bits per heavy atom. The average Bonchev–Trinajstić information content (AvgIpc) is 3.11. The number of likely N-dealkylation sites (N-methyl/N-ethyl adjacent to an activating group) is 1. The van der Waals surface area contributed by atoms with Crippen molar-refractivity contribution in [3.05, 3.63) is 30.1 Å². The second-order valence-corrected chi connectivity index (χ2v) is 6.42. The quantitative estimate of drug-likeness (QED) is 0.524. The van der Waals surface area contributed by atoms with Gasteiger partial charge in [0.25, 0.3) is 0 Å². The highest BCUT2D eigenvalue weighted by atomic mass is 16.5. The van der Waals surface area contributed by atoms with Crippen molar-refractivity contribution in [1.29, 1.82) is 0 Å². The van der Waals surface area contributed by atoms with Gasteiger partial charge in [0.05, 0.1) is 33.6 Å². The maximum absolute atomic E-state index is 5.40. The fourth-order valence-electron chi connectivity index (χ4n) is 2.87. The van der Waals surface area contributed by atoms with Crippen LogP contribution in [0.1, 0.15) is 11.6 Å². The molecule has 0 saturated carbocycles. The summed E-state index contributed by atoms with van der Waals surface area (Å²) >= 11 is 0. The molecule has 2 rings (SSSR count). The van der Waals surface area contributed by atoms with Gasteiger partial charge in [0, 0.05) is 50.2 Å². The van der Waals surface area contributed by atoms with Crippen molar-refractivity contribution in [2.75, 3.05) is 54.3 Å². The fraction of sp³-hybridized carbons (Fsp3) is 0.474. The molecule has 0 bridgehead atoms. The molecule has 0 fully saturated rings. The summed E-state index contributed by atoms with van der Waals surface area (Å²) in [6, 6.07) is 3.81. The molecule has 0 amide bonds. The van der Waals surface area contributed by atoms with E-state index in [0.717, 1.165) is 11.3 Å². The molecule has 0 saturated heterocycles. The van der Waals surface area contributed by atoms with Crippen molar-refractivity contribution in [2.45, 2.75) is 6.04 Å². The Morgan fingerprint density at radius 1 is 1.18 bits per heavy atom. The highest BCUT2D eigenvalue weighted by molar-refractivity contribution is 5.94. The van der Waals surface area contributed by atoms with Gasteiger partial charge in [0.2, 0.25) is 5.75 Å². The first-order valence-electron chi connectivity index (χ1n) is 8.86. The number of aryl methyl sites for hydroxylation is 1. The molecule has 0 aliphatic heterocycles. The number of benzene rings is 1. The van der Waals surface area contributed by atoms with Crippen LogP contribution in [0.25, 0.3) is 0 Å². The first kappa shape index (κ1) is 21.4. The van der Waals surface area contributed by atoms with Gasteiger partial charge >= 0.3 is 0 Å². The lowest BCUT2D eigenvalue weighted by Crippen LogP contribution is -2.37. The summed E-state index contributed by atoms with van der Waals surface area (Å²) in [7, 11) is 12.5. The van der Waals surface area contributed by atoms with Crippen LogP contribution < -0.4 is 24.8 Å². The molecule has 1 atom stereocenters. The van der Waals surface area contributed by atoms with Crippen LogP contribution in [0.3, 0.4) is 0 Å². The van der Waals surface area contributed by atoms with Gasteiger partial charge in [0.1, 0.15) is 0 Å². The van der Waals surface area contributed by atoms with Crippen LogP contribution in [0.5, 0.6) is 17.2 Å². The van der Waals surface area contributed by atoms with Crippen LogP contribution in [-0.4, -0.2) is 69.7 Å². The number of rotatable bonds is 8. The monoisotopic (exact) mass is 390 g/mol. The third kappa shape index (κ3) is 5.07. The number of anilines is 1. The lowest BCUT2D eigenvalue weighted by Gasteiger charge is -2.24. The summed E-state index contributed by atoms with van der Waals surface area (Å²) in [6.45, 7) is 0.656. The van der Waals surface area contributed by atoms with E-state index in [0.29, 0.717) is 29.8 Å². The zero-order valence-electron chi connectivity index (χ0n) is 17.6. The Kier molecular flexibility index (Phi) is 7.51. The Morgan fingerprint density at radius 3 is 2.25 bits per heavy atom. The normalized spacial score (nSPS) is 12.6. The van der Waals surface area contributed by atoms with Crippen molar-refractivity contribution in [2.24, 2.45) is 12.0 Å². The second-order valence-electron chi connectivity index (χ2n) is 6.42. The number of nitrogens with one attached hydrogen (secondary N) is 2. The number of methoxy groups -OCH3 is 3. The molecule has 1 aromatic heterocycles. The van der Waals surface area contributed by atoms with Gasteiger partial charge in [-0.05, 0) is 14.1 Å². The van der Waals surface area contributed by atoms with Gasteiger partial charge in [-0.3, -0.25) is 9.67 Å². The largest absolute Gasteiger partial charge is 0.493 e. The lowest BCUT2D eigenvalue weighted by molar-refractivity contribution is 0.298. The lowest BCUT2D eigenvalue weighted by atomic mass is 10.1. The van der Waals surface area contributed by atoms with Crippen LogP contribution >= 0.6 is 0 Å². The van der Waals surface area contributed by atoms with Gasteiger partial charge in [-0.25, -0.2) is 0 Å². The van der Waals surface area contributed by atoms with E-state index in [2.05, 4.69) is 25.6 Å². The molecule has 0 radical (unpaired) electrons. The highest BCUT2D eigenvalue weighted by Crippen LogP contribution is 2.39. The summed E-state index contributed by atoms with van der Waals surface area (Å²) in [5.74, 6) is 2.32. The van der Waals surface area contributed by atoms with E-state index in [1.54, 1.807) is 33.1 Å². The predicted molar refractivity (Wildman–Crippen MR) is 111 cm³/mol. The van der Waals surface area contributed by atoms with Gasteiger partial charge in [-0.15, -0.1) is 0 Å². The van der Waals surface area contributed by atoms with Crippen LogP contribution in [-0.2, 0) is 7.05 Å². The van der Waals surface area contributed by atoms with Gasteiger partial charge in [-0.2, -0.15) is 5.10 Å². The molecular weight excluding hydrogens is 360 g/mol. The molecule has 9 heteroatoms. The van der Waals surface area contributed by atoms with E-state index in [4.69, 9.17) is 14.2 Å². The maximum atomic E-state index is 5.40. The Bertz CT molecular complexity index is 778. The summed E-state index contributed by atoms with van der Waals surface area (Å²) in [4.78, 5) is 6.44. The highest BCUT2D eigenvalue weighted by Gasteiger charge is 2.17. The van der Waals surface area contributed by atoms with Crippen LogP contribution in [0, 0.1) is 0 Å². The molecule has 0 spiro atoms. The average molecular weight is 390 g/mol. The Balaban J connectivity index is 2.14. The standard InChI is InChI=1S/C19H30N6O3/c1-20-19(21-11-15(24(2)3)13-10-22-25(4)12-13)23-14-8-16(26-5)18(28-7)17(9-14)27-6/h8-10,12,15H,11H2,1-7H3,(H2,20,21,23). The minimum Gasteiger partial charge on any atom is -0.493 e. The zero-order chi connectivity index (χ0) is 20.7. The summed E-state index contributed by atoms with van der Waals surface area (Å²) in [5.41, 5.74) is 1.90. The smallest absolute Gasteiger partial charge is 0.203 e. The summed E-state index contributed by atoms with van der Waals surface area (Å²) in [5, 5.41) is 10.9. The molecule has 2 N–H and O–H groups in total. The van der Waals surface area contributed by atoms with Crippen molar-refractivity contribution in [1.82, 2.24) is 20.0 Å². The second kappa shape index (κ2) is 9.84. The van der Waals surface area contributed by atoms with E-state index in [1.807, 2.05) is 45.7 Å². The Labute approximate surface area is 166 Å².